The van der Waals surface area contributed by atoms with E-state index in [1.807, 2.05) is 13.8 Å². The fourth-order valence-corrected chi connectivity index (χ4v) is 2.69. The van der Waals surface area contributed by atoms with E-state index < -0.39 is 0 Å². The maximum Gasteiger partial charge on any atom is 0.299 e. The molecule has 2 N–H and O–H groups in total. The summed E-state index contributed by atoms with van der Waals surface area (Å²) in [5, 5.41) is 22.0. The molecule has 3 aromatic rings. The molecule has 1 aromatic heterocycles. The second-order valence-electron chi connectivity index (χ2n) is 5.98. The van der Waals surface area contributed by atoms with Crippen molar-refractivity contribution >= 4 is 34.6 Å². The first-order chi connectivity index (χ1) is 12.4. The van der Waals surface area contributed by atoms with Gasteiger partial charge in [-0.25, -0.2) is 4.68 Å². The topological polar surface area (TPSA) is 82.7 Å². The molecule has 0 saturated carbocycles. The van der Waals surface area contributed by atoms with Gasteiger partial charge in [-0.1, -0.05) is 37.0 Å². The molecule has 26 heavy (non-hydrogen) atoms. The van der Waals surface area contributed by atoms with Gasteiger partial charge in [-0.15, -0.1) is 10.2 Å². The highest BCUT2D eigenvalue weighted by atomic mass is 35.5. The van der Waals surface area contributed by atoms with Crippen molar-refractivity contribution < 1.29 is 5.11 Å². The zero-order valence-electron chi connectivity index (χ0n) is 14.1. The summed E-state index contributed by atoms with van der Waals surface area (Å²) < 4.78 is 1.39. The zero-order chi connectivity index (χ0) is 18.8. The van der Waals surface area contributed by atoms with E-state index in [2.05, 4.69) is 15.3 Å². The Kier molecular flexibility index (Phi) is 5.15. The first-order valence-corrected chi connectivity index (χ1v) is 8.63. The van der Waals surface area contributed by atoms with Crippen LogP contribution in [0.3, 0.4) is 0 Å². The van der Waals surface area contributed by atoms with Crippen LogP contribution in [0.25, 0.3) is 5.69 Å². The van der Waals surface area contributed by atoms with E-state index in [9.17, 15) is 9.90 Å². The van der Waals surface area contributed by atoms with Crippen LogP contribution < -0.4 is 5.56 Å². The third-order valence-electron chi connectivity index (χ3n) is 3.75. The van der Waals surface area contributed by atoms with Gasteiger partial charge in [-0.05, 0) is 48.4 Å². The lowest BCUT2D eigenvalue weighted by Crippen LogP contribution is -2.13. The molecule has 0 spiro atoms. The fraction of sp³-hybridized carbons (Fsp3) is 0.167. The number of H-pyrrole nitrogens is 1. The first kappa shape index (κ1) is 18.2. The summed E-state index contributed by atoms with van der Waals surface area (Å²) in [6.45, 7) is 3.88. The molecule has 3 rings (SSSR count). The van der Waals surface area contributed by atoms with Crippen molar-refractivity contribution in [3.63, 3.8) is 0 Å². The lowest BCUT2D eigenvalue weighted by atomic mass is 10.1. The molecule has 0 aliphatic carbocycles. The summed E-state index contributed by atoms with van der Waals surface area (Å²) in [6.07, 6.45) is 0. The molecule has 0 saturated heterocycles. The van der Waals surface area contributed by atoms with E-state index in [4.69, 9.17) is 23.2 Å². The minimum absolute atomic E-state index is 0.0122. The maximum absolute atomic E-state index is 12.8. The van der Waals surface area contributed by atoms with E-state index >= 15 is 0 Å². The number of rotatable bonds is 4. The largest absolute Gasteiger partial charge is 0.506 e. The molecule has 0 unspecified atom stereocenters. The molecule has 0 radical (unpaired) electrons. The molecule has 0 fully saturated rings. The van der Waals surface area contributed by atoms with Gasteiger partial charge in [0.05, 0.1) is 11.4 Å². The quantitative estimate of drug-likeness (QED) is 0.558. The van der Waals surface area contributed by atoms with Crippen LogP contribution in [0.2, 0.25) is 10.0 Å². The van der Waals surface area contributed by atoms with Crippen LogP contribution in [-0.2, 0) is 0 Å². The Labute approximate surface area is 159 Å². The number of azo groups is 1. The predicted molar refractivity (Wildman–Crippen MR) is 103 cm³/mol. The number of nitrogens with one attached hydrogen (secondary N) is 1. The van der Waals surface area contributed by atoms with E-state index in [-0.39, 0.29) is 28.6 Å². The van der Waals surface area contributed by atoms with Crippen LogP contribution in [0.1, 0.15) is 25.5 Å². The zero-order valence-corrected chi connectivity index (χ0v) is 15.6. The van der Waals surface area contributed by atoms with Gasteiger partial charge in [0.2, 0.25) is 0 Å². The van der Waals surface area contributed by atoms with Crippen molar-refractivity contribution in [2.24, 2.45) is 10.2 Å². The second kappa shape index (κ2) is 7.35. The highest BCUT2D eigenvalue weighted by Crippen LogP contribution is 2.31. The summed E-state index contributed by atoms with van der Waals surface area (Å²) in [4.78, 5) is 12.8. The number of phenols is 1. The molecule has 0 amide bonds. The van der Waals surface area contributed by atoms with E-state index in [0.717, 1.165) is 0 Å². The number of hydrogen-bond donors (Lipinski definition) is 2. The van der Waals surface area contributed by atoms with Crippen molar-refractivity contribution in [1.82, 2.24) is 9.78 Å². The predicted octanol–water partition coefficient (Wildman–Crippen LogP) is 5.72. The number of aromatic nitrogens is 2. The van der Waals surface area contributed by atoms with Crippen LogP contribution in [0.4, 0.5) is 11.4 Å². The van der Waals surface area contributed by atoms with Crippen molar-refractivity contribution in [3.8, 4) is 11.4 Å². The number of hydrogen-bond acceptors (Lipinski definition) is 4. The van der Waals surface area contributed by atoms with E-state index in [1.165, 1.54) is 16.8 Å². The summed E-state index contributed by atoms with van der Waals surface area (Å²) in [5.41, 5.74) is 1.28. The Hall–Kier alpha value is -2.57. The Morgan fingerprint density at radius 3 is 2.35 bits per heavy atom. The lowest BCUT2D eigenvalue weighted by molar-refractivity contribution is 0.476. The maximum atomic E-state index is 12.8. The van der Waals surface area contributed by atoms with E-state index in [1.54, 1.807) is 30.3 Å². The Balaban J connectivity index is 2.09. The molecule has 6 nitrogen and oxygen atoms in total. The molecule has 8 heteroatoms. The van der Waals surface area contributed by atoms with Gasteiger partial charge in [-0.2, -0.15) is 0 Å². The smallest absolute Gasteiger partial charge is 0.299 e. The highest BCUT2D eigenvalue weighted by molar-refractivity contribution is 6.31. The normalized spacial score (nSPS) is 11.6. The molecular formula is C18H16Cl2N4O2. The highest BCUT2D eigenvalue weighted by Gasteiger charge is 2.18. The Bertz CT molecular complexity index is 1020. The van der Waals surface area contributed by atoms with Crippen LogP contribution in [0, 0.1) is 0 Å². The van der Waals surface area contributed by atoms with Gasteiger partial charge in [0, 0.05) is 10.0 Å². The molecule has 0 aliphatic rings. The van der Waals surface area contributed by atoms with Gasteiger partial charge in [0.1, 0.15) is 11.4 Å². The van der Waals surface area contributed by atoms with Crippen LogP contribution in [-0.4, -0.2) is 14.9 Å². The molecule has 1 heterocycles. The number of halogens is 2. The molecule has 134 valence electrons. The number of aromatic hydroxyl groups is 1. The molecule has 0 aliphatic heterocycles. The van der Waals surface area contributed by atoms with Crippen LogP contribution >= 0.6 is 23.2 Å². The van der Waals surface area contributed by atoms with E-state index in [0.29, 0.717) is 21.4 Å². The van der Waals surface area contributed by atoms with Gasteiger partial charge in [-0.3, -0.25) is 9.89 Å². The standard InChI is InChI=1S/C18H16Cl2N4O2/c1-10(2)16-17(22-21-14-9-12(20)5-8-15(14)25)18(26)24(23-16)13-6-3-11(19)4-7-13/h3-10,23,25H,1-2H3. The number of aromatic amines is 1. The van der Waals surface area contributed by atoms with Crippen molar-refractivity contribution in [1.29, 1.82) is 0 Å². The number of benzene rings is 2. The van der Waals surface area contributed by atoms with Gasteiger partial charge < -0.3 is 5.11 Å². The SMILES string of the molecule is CC(C)c1[nH]n(-c2ccc(Cl)cc2)c(=O)c1N=Nc1cc(Cl)ccc1O. The van der Waals surface area contributed by atoms with Crippen molar-refractivity contribution in [2.45, 2.75) is 19.8 Å². The minimum atomic E-state index is -0.346. The average Bonchev–Trinajstić information content (AvgIpc) is 2.93. The number of nitrogens with zero attached hydrogens (tertiary/aromatic N) is 3. The summed E-state index contributed by atoms with van der Waals surface area (Å²) >= 11 is 11.8. The summed E-state index contributed by atoms with van der Waals surface area (Å²) in [5.74, 6) is -0.0593. The first-order valence-electron chi connectivity index (χ1n) is 7.88. The van der Waals surface area contributed by atoms with Crippen LogP contribution in [0.15, 0.2) is 57.5 Å². The molecule has 0 atom stereocenters. The molecule has 2 aromatic carbocycles. The Morgan fingerprint density at radius 2 is 1.69 bits per heavy atom. The summed E-state index contributed by atoms with van der Waals surface area (Å²) in [7, 11) is 0. The minimum Gasteiger partial charge on any atom is -0.506 e. The Morgan fingerprint density at radius 1 is 1.04 bits per heavy atom. The third-order valence-corrected chi connectivity index (χ3v) is 4.24. The van der Waals surface area contributed by atoms with Crippen molar-refractivity contribution in [2.75, 3.05) is 0 Å². The van der Waals surface area contributed by atoms with Gasteiger partial charge >= 0.3 is 0 Å². The second-order valence-corrected chi connectivity index (χ2v) is 6.85. The third kappa shape index (κ3) is 3.66. The number of phenolic OH excluding ortho intramolecular Hbond substituents is 1. The molecular weight excluding hydrogens is 375 g/mol. The monoisotopic (exact) mass is 390 g/mol. The fourth-order valence-electron chi connectivity index (χ4n) is 2.40. The van der Waals surface area contributed by atoms with Crippen molar-refractivity contribution in [3.05, 3.63) is 68.6 Å². The molecule has 0 bridgehead atoms. The van der Waals surface area contributed by atoms with Crippen LogP contribution in [0.5, 0.6) is 5.75 Å². The van der Waals surface area contributed by atoms with Gasteiger partial charge in [0.15, 0.2) is 5.69 Å². The van der Waals surface area contributed by atoms with Gasteiger partial charge in [0.25, 0.3) is 5.56 Å². The summed E-state index contributed by atoms with van der Waals surface area (Å²) in [6, 6.07) is 11.3. The lowest BCUT2D eigenvalue weighted by Gasteiger charge is -2.03. The average molecular weight is 391 g/mol.